The van der Waals surface area contributed by atoms with Crippen molar-refractivity contribution < 1.29 is 22.7 Å². The first kappa shape index (κ1) is 16.4. The van der Waals surface area contributed by atoms with Crippen LogP contribution >= 0.6 is 0 Å². The molecule has 0 aliphatic carbocycles. The van der Waals surface area contributed by atoms with Gasteiger partial charge in [-0.15, -0.1) is 0 Å². The van der Waals surface area contributed by atoms with Crippen molar-refractivity contribution >= 4 is 11.6 Å². The van der Waals surface area contributed by atoms with Crippen molar-refractivity contribution in [1.29, 1.82) is 0 Å². The Morgan fingerprint density at radius 3 is 2.52 bits per heavy atom. The zero-order valence-electron chi connectivity index (χ0n) is 12.7. The van der Waals surface area contributed by atoms with Gasteiger partial charge in [0.2, 0.25) is 11.8 Å². The van der Waals surface area contributed by atoms with Gasteiger partial charge in [-0.3, -0.25) is 9.36 Å². The minimum atomic E-state index is -1.51. The van der Waals surface area contributed by atoms with E-state index in [0.29, 0.717) is 12.0 Å². The van der Waals surface area contributed by atoms with Crippen molar-refractivity contribution in [2.45, 2.75) is 0 Å². The third-order valence-electron chi connectivity index (χ3n) is 3.20. The number of hydrogen-bond donors (Lipinski definition) is 1. The van der Waals surface area contributed by atoms with Crippen molar-refractivity contribution in [3.05, 3.63) is 60.2 Å². The lowest BCUT2D eigenvalue weighted by atomic mass is 10.1. The third-order valence-corrected chi connectivity index (χ3v) is 3.20. The van der Waals surface area contributed by atoms with E-state index >= 15 is 0 Å². The van der Waals surface area contributed by atoms with Crippen molar-refractivity contribution in [2.75, 3.05) is 12.4 Å². The first-order valence-electron chi connectivity index (χ1n) is 6.84. The van der Waals surface area contributed by atoms with E-state index in [1.807, 2.05) is 0 Å². The molecule has 7 nitrogen and oxygen atoms in total. The maximum atomic E-state index is 14.1. The summed E-state index contributed by atoms with van der Waals surface area (Å²) in [4.78, 5) is 24.0. The lowest BCUT2D eigenvalue weighted by Gasteiger charge is -2.10. The van der Waals surface area contributed by atoms with Crippen LogP contribution in [0.2, 0.25) is 0 Å². The monoisotopic (exact) mass is 349 g/mol. The fraction of sp³-hybridized carbons (Fsp3) is 0.0667. The Kier molecular flexibility index (Phi) is 4.33. The van der Waals surface area contributed by atoms with E-state index in [4.69, 9.17) is 0 Å². The van der Waals surface area contributed by atoms with Gasteiger partial charge in [0, 0.05) is 12.4 Å². The van der Waals surface area contributed by atoms with Crippen LogP contribution in [0.15, 0.2) is 37.2 Å². The molecule has 1 N–H and O–H groups in total. The molecule has 0 bridgehead atoms. The average molecular weight is 349 g/mol. The van der Waals surface area contributed by atoms with Gasteiger partial charge < -0.3 is 10.1 Å². The molecule has 2 heterocycles. The molecule has 0 saturated carbocycles. The van der Waals surface area contributed by atoms with E-state index < -0.39 is 34.7 Å². The summed E-state index contributed by atoms with van der Waals surface area (Å²) >= 11 is 0. The number of imidazole rings is 1. The van der Waals surface area contributed by atoms with E-state index in [1.165, 1.54) is 29.5 Å². The number of anilines is 1. The fourth-order valence-corrected chi connectivity index (χ4v) is 2.02. The molecule has 0 fully saturated rings. The summed E-state index contributed by atoms with van der Waals surface area (Å²) in [6, 6.07) is 0.448. The maximum Gasteiger partial charge on any atom is 0.258 e. The number of amides is 1. The molecule has 128 valence electrons. The predicted molar refractivity (Wildman–Crippen MR) is 80.0 cm³/mol. The van der Waals surface area contributed by atoms with E-state index in [0.717, 1.165) is 7.11 Å². The van der Waals surface area contributed by atoms with Crippen LogP contribution in [0.25, 0.3) is 5.95 Å². The number of ether oxygens (including phenoxy) is 1. The van der Waals surface area contributed by atoms with Crippen LogP contribution in [0.4, 0.5) is 18.9 Å². The molecule has 25 heavy (non-hydrogen) atoms. The summed E-state index contributed by atoms with van der Waals surface area (Å²) in [6.45, 7) is 0. The number of halogens is 3. The Labute approximate surface area is 139 Å². The predicted octanol–water partition coefficient (Wildman–Crippen LogP) is 2.34. The quantitative estimate of drug-likeness (QED) is 0.731. The molecule has 0 unspecified atom stereocenters. The Hall–Kier alpha value is -3.43. The summed E-state index contributed by atoms with van der Waals surface area (Å²) in [5.41, 5.74) is -0.577. The number of rotatable bonds is 4. The summed E-state index contributed by atoms with van der Waals surface area (Å²) in [7, 11) is 0.964. The van der Waals surface area contributed by atoms with Crippen LogP contribution in [0.1, 0.15) is 10.4 Å². The van der Waals surface area contributed by atoms with Crippen LogP contribution in [0.5, 0.6) is 5.75 Å². The van der Waals surface area contributed by atoms with Gasteiger partial charge >= 0.3 is 0 Å². The highest BCUT2D eigenvalue weighted by Crippen LogP contribution is 2.27. The van der Waals surface area contributed by atoms with Gasteiger partial charge in [0.15, 0.2) is 17.4 Å². The lowest BCUT2D eigenvalue weighted by Crippen LogP contribution is -2.16. The van der Waals surface area contributed by atoms with E-state index in [9.17, 15) is 18.0 Å². The Bertz CT molecular complexity index is 914. The van der Waals surface area contributed by atoms with Crippen LogP contribution in [-0.2, 0) is 0 Å². The van der Waals surface area contributed by atoms with Crippen molar-refractivity contribution in [1.82, 2.24) is 19.5 Å². The normalized spacial score (nSPS) is 10.6. The highest BCUT2D eigenvalue weighted by atomic mass is 19.2. The molecule has 0 saturated heterocycles. The number of benzene rings is 1. The maximum absolute atomic E-state index is 14.1. The second-order valence-electron chi connectivity index (χ2n) is 4.76. The van der Waals surface area contributed by atoms with Crippen molar-refractivity contribution in [3.63, 3.8) is 0 Å². The zero-order valence-corrected chi connectivity index (χ0v) is 12.7. The van der Waals surface area contributed by atoms with Gasteiger partial charge in [0.1, 0.15) is 6.33 Å². The summed E-state index contributed by atoms with van der Waals surface area (Å²) in [5.74, 6) is -5.91. The Balaban J connectivity index is 1.84. The number of methoxy groups -OCH3 is 1. The second-order valence-corrected chi connectivity index (χ2v) is 4.76. The molecule has 0 aliphatic rings. The van der Waals surface area contributed by atoms with Gasteiger partial charge in [0.05, 0.1) is 30.8 Å². The van der Waals surface area contributed by atoms with Crippen LogP contribution < -0.4 is 10.1 Å². The van der Waals surface area contributed by atoms with Crippen LogP contribution in [0.3, 0.4) is 0 Å². The molecule has 1 aromatic carbocycles. The number of carbonyl (C=O) groups is 1. The van der Waals surface area contributed by atoms with E-state index in [-0.39, 0.29) is 5.69 Å². The number of nitrogens with zero attached hydrogens (tertiary/aromatic N) is 4. The molecular weight excluding hydrogens is 339 g/mol. The standard InChI is InChI=1S/C15H10F3N5O2/c1-25-13-11(17)9(4-10(16)12(13)18)14(24)22-8-5-20-15(21-6-8)23-3-2-19-7-23/h2-7H,1H3,(H,22,24). The Morgan fingerprint density at radius 2 is 1.92 bits per heavy atom. The highest BCUT2D eigenvalue weighted by molar-refractivity contribution is 6.04. The first-order valence-corrected chi connectivity index (χ1v) is 6.84. The number of hydrogen-bond acceptors (Lipinski definition) is 5. The number of carbonyl (C=O) groups excluding carboxylic acids is 1. The summed E-state index contributed by atoms with van der Waals surface area (Å²) in [6.07, 6.45) is 7.19. The molecule has 2 aromatic heterocycles. The first-order chi connectivity index (χ1) is 12.0. The van der Waals surface area contributed by atoms with Crippen LogP contribution in [0, 0.1) is 17.5 Å². The molecule has 3 rings (SSSR count). The minimum Gasteiger partial charge on any atom is -0.491 e. The summed E-state index contributed by atoms with van der Waals surface area (Å²) in [5, 5.41) is 2.30. The van der Waals surface area contributed by atoms with Crippen LogP contribution in [-0.4, -0.2) is 32.5 Å². The van der Waals surface area contributed by atoms with Crippen molar-refractivity contribution in [2.24, 2.45) is 0 Å². The average Bonchev–Trinajstić information content (AvgIpc) is 3.14. The van der Waals surface area contributed by atoms with Gasteiger partial charge in [-0.1, -0.05) is 0 Å². The van der Waals surface area contributed by atoms with Gasteiger partial charge in [-0.25, -0.2) is 23.7 Å². The molecule has 0 aliphatic heterocycles. The Morgan fingerprint density at radius 1 is 1.20 bits per heavy atom. The lowest BCUT2D eigenvalue weighted by molar-refractivity contribution is 0.102. The van der Waals surface area contributed by atoms with E-state index in [1.54, 1.807) is 6.20 Å². The molecule has 0 spiro atoms. The highest BCUT2D eigenvalue weighted by Gasteiger charge is 2.23. The largest absolute Gasteiger partial charge is 0.491 e. The van der Waals surface area contributed by atoms with Gasteiger partial charge in [0.25, 0.3) is 5.91 Å². The molecule has 0 radical (unpaired) electrons. The SMILES string of the molecule is COc1c(F)c(F)cc(C(=O)Nc2cnc(-n3ccnc3)nc2)c1F. The topological polar surface area (TPSA) is 81.9 Å². The summed E-state index contributed by atoms with van der Waals surface area (Å²) < 4.78 is 47.0. The molecule has 10 heteroatoms. The van der Waals surface area contributed by atoms with Gasteiger partial charge in [-0.05, 0) is 6.07 Å². The number of nitrogens with one attached hydrogen (secondary N) is 1. The number of aromatic nitrogens is 4. The zero-order chi connectivity index (χ0) is 18.0. The third kappa shape index (κ3) is 3.13. The fourth-order valence-electron chi connectivity index (χ4n) is 2.02. The smallest absolute Gasteiger partial charge is 0.258 e. The molecule has 1 amide bonds. The molecular formula is C15H10F3N5O2. The second kappa shape index (κ2) is 6.59. The minimum absolute atomic E-state index is 0.136. The molecule has 3 aromatic rings. The van der Waals surface area contributed by atoms with E-state index in [2.05, 4.69) is 25.0 Å². The molecule has 0 atom stereocenters. The van der Waals surface area contributed by atoms with Gasteiger partial charge in [-0.2, -0.15) is 4.39 Å². The van der Waals surface area contributed by atoms with Crippen molar-refractivity contribution in [3.8, 4) is 11.7 Å².